The fourth-order valence-corrected chi connectivity index (χ4v) is 2.18. The van der Waals surface area contributed by atoms with E-state index >= 15 is 0 Å². The van der Waals surface area contributed by atoms with Crippen molar-refractivity contribution in [2.75, 3.05) is 13.2 Å². The van der Waals surface area contributed by atoms with Crippen LogP contribution in [0.3, 0.4) is 0 Å². The predicted molar refractivity (Wildman–Crippen MR) is 78.0 cm³/mol. The van der Waals surface area contributed by atoms with Crippen molar-refractivity contribution in [2.24, 2.45) is 11.8 Å². The summed E-state index contributed by atoms with van der Waals surface area (Å²) in [6, 6.07) is 8.86. The third-order valence-corrected chi connectivity index (χ3v) is 3.53. The SMILES string of the molecule is CCNC(c1cccc(OCC)c1)C(C)C(C)C. The van der Waals surface area contributed by atoms with Gasteiger partial charge in [-0.25, -0.2) is 0 Å². The van der Waals surface area contributed by atoms with Gasteiger partial charge in [-0.15, -0.1) is 0 Å². The summed E-state index contributed by atoms with van der Waals surface area (Å²) in [4.78, 5) is 0. The van der Waals surface area contributed by atoms with Gasteiger partial charge in [0.15, 0.2) is 0 Å². The molecular formula is C16H27NO. The molecule has 0 aliphatic heterocycles. The number of nitrogens with one attached hydrogen (secondary N) is 1. The lowest BCUT2D eigenvalue weighted by Gasteiger charge is -2.28. The molecule has 0 aliphatic rings. The van der Waals surface area contributed by atoms with Gasteiger partial charge in [0, 0.05) is 6.04 Å². The maximum Gasteiger partial charge on any atom is 0.119 e. The first-order valence-corrected chi connectivity index (χ1v) is 7.06. The molecule has 102 valence electrons. The molecule has 0 bridgehead atoms. The third-order valence-electron chi connectivity index (χ3n) is 3.53. The number of rotatable bonds is 7. The Labute approximate surface area is 112 Å². The summed E-state index contributed by atoms with van der Waals surface area (Å²) >= 11 is 0. The quantitative estimate of drug-likeness (QED) is 0.788. The molecule has 2 nitrogen and oxygen atoms in total. The molecule has 1 aromatic carbocycles. The summed E-state index contributed by atoms with van der Waals surface area (Å²) in [6.45, 7) is 12.8. The van der Waals surface area contributed by atoms with Gasteiger partial charge in [-0.05, 0) is 43.0 Å². The van der Waals surface area contributed by atoms with Crippen LogP contribution in [0.15, 0.2) is 24.3 Å². The molecule has 0 aromatic heterocycles. The van der Waals surface area contributed by atoms with Crippen LogP contribution in [0.25, 0.3) is 0 Å². The lowest BCUT2D eigenvalue weighted by molar-refractivity contribution is 0.304. The molecule has 1 rings (SSSR count). The van der Waals surface area contributed by atoms with E-state index in [4.69, 9.17) is 4.74 Å². The average Bonchev–Trinajstić information content (AvgIpc) is 2.36. The number of ether oxygens (including phenoxy) is 1. The molecule has 2 atom stereocenters. The van der Waals surface area contributed by atoms with Gasteiger partial charge in [-0.3, -0.25) is 0 Å². The number of hydrogen-bond donors (Lipinski definition) is 1. The summed E-state index contributed by atoms with van der Waals surface area (Å²) in [5.74, 6) is 2.22. The van der Waals surface area contributed by atoms with Crippen LogP contribution in [0.2, 0.25) is 0 Å². The van der Waals surface area contributed by atoms with E-state index in [-0.39, 0.29) is 0 Å². The predicted octanol–water partition coefficient (Wildman–Crippen LogP) is 4.03. The molecule has 0 heterocycles. The largest absolute Gasteiger partial charge is 0.494 e. The van der Waals surface area contributed by atoms with Crippen molar-refractivity contribution in [1.82, 2.24) is 5.32 Å². The van der Waals surface area contributed by atoms with E-state index in [1.807, 2.05) is 13.0 Å². The van der Waals surface area contributed by atoms with Crippen molar-refractivity contribution in [3.05, 3.63) is 29.8 Å². The van der Waals surface area contributed by atoms with E-state index in [0.29, 0.717) is 17.9 Å². The van der Waals surface area contributed by atoms with Crippen LogP contribution >= 0.6 is 0 Å². The normalized spacial score (nSPS) is 14.6. The molecule has 1 aromatic rings. The minimum Gasteiger partial charge on any atom is -0.494 e. The van der Waals surface area contributed by atoms with E-state index in [9.17, 15) is 0 Å². The van der Waals surface area contributed by atoms with Crippen molar-refractivity contribution in [3.8, 4) is 5.75 Å². The van der Waals surface area contributed by atoms with Gasteiger partial charge in [0.2, 0.25) is 0 Å². The average molecular weight is 249 g/mol. The van der Waals surface area contributed by atoms with Gasteiger partial charge in [-0.2, -0.15) is 0 Å². The van der Waals surface area contributed by atoms with Gasteiger partial charge in [0.25, 0.3) is 0 Å². The minimum absolute atomic E-state index is 0.399. The summed E-state index contributed by atoms with van der Waals surface area (Å²) in [6.07, 6.45) is 0. The Morgan fingerprint density at radius 1 is 1.17 bits per heavy atom. The Kier molecular flexibility index (Phi) is 6.20. The molecular weight excluding hydrogens is 222 g/mol. The first-order valence-electron chi connectivity index (χ1n) is 7.06. The first kappa shape index (κ1) is 15.0. The second-order valence-electron chi connectivity index (χ2n) is 5.14. The van der Waals surface area contributed by atoms with E-state index in [2.05, 4.69) is 51.2 Å². The molecule has 0 spiro atoms. The maximum absolute atomic E-state index is 5.59. The zero-order valence-corrected chi connectivity index (χ0v) is 12.4. The second-order valence-corrected chi connectivity index (χ2v) is 5.14. The molecule has 0 fully saturated rings. The second kappa shape index (κ2) is 7.42. The Morgan fingerprint density at radius 2 is 1.89 bits per heavy atom. The molecule has 1 N–H and O–H groups in total. The molecule has 2 heteroatoms. The Morgan fingerprint density at radius 3 is 2.44 bits per heavy atom. The number of benzene rings is 1. The number of hydrogen-bond acceptors (Lipinski definition) is 2. The highest BCUT2D eigenvalue weighted by Gasteiger charge is 2.21. The van der Waals surface area contributed by atoms with E-state index in [0.717, 1.165) is 18.9 Å². The van der Waals surface area contributed by atoms with E-state index in [1.54, 1.807) is 0 Å². The van der Waals surface area contributed by atoms with Crippen LogP contribution in [0.5, 0.6) is 5.75 Å². The standard InChI is InChI=1S/C16H27NO/c1-6-17-16(13(5)12(3)4)14-9-8-10-15(11-14)18-7-2/h8-13,16-17H,6-7H2,1-5H3. The topological polar surface area (TPSA) is 21.3 Å². The highest BCUT2D eigenvalue weighted by Crippen LogP contribution is 2.29. The van der Waals surface area contributed by atoms with Gasteiger partial charge >= 0.3 is 0 Å². The minimum atomic E-state index is 0.399. The van der Waals surface area contributed by atoms with Crippen LogP contribution < -0.4 is 10.1 Å². The van der Waals surface area contributed by atoms with Gasteiger partial charge < -0.3 is 10.1 Å². The van der Waals surface area contributed by atoms with Crippen LogP contribution in [0, 0.1) is 11.8 Å². The summed E-state index contributed by atoms with van der Waals surface area (Å²) < 4.78 is 5.59. The maximum atomic E-state index is 5.59. The summed E-state index contributed by atoms with van der Waals surface area (Å²) in [5, 5.41) is 3.59. The lowest BCUT2D eigenvalue weighted by Crippen LogP contribution is -2.29. The Bertz CT molecular complexity index is 349. The monoisotopic (exact) mass is 249 g/mol. The molecule has 0 aliphatic carbocycles. The van der Waals surface area contributed by atoms with Crippen LogP contribution in [0.1, 0.15) is 46.2 Å². The summed E-state index contributed by atoms with van der Waals surface area (Å²) in [7, 11) is 0. The zero-order valence-electron chi connectivity index (χ0n) is 12.4. The van der Waals surface area contributed by atoms with Gasteiger partial charge in [0.1, 0.15) is 5.75 Å². The fourth-order valence-electron chi connectivity index (χ4n) is 2.18. The van der Waals surface area contributed by atoms with Gasteiger partial charge in [-0.1, -0.05) is 39.8 Å². The molecule has 0 amide bonds. The van der Waals surface area contributed by atoms with Crippen molar-refractivity contribution < 1.29 is 4.74 Å². The van der Waals surface area contributed by atoms with Gasteiger partial charge in [0.05, 0.1) is 6.61 Å². The van der Waals surface area contributed by atoms with Crippen LogP contribution in [-0.2, 0) is 0 Å². The summed E-state index contributed by atoms with van der Waals surface area (Å²) in [5.41, 5.74) is 1.32. The van der Waals surface area contributed by atoms with E-state index in [1.165, 1.54) is 5.56 Å². The Hall–Kier alpha value is -1.02. The molecule has 2 unspecified atom stereocenters. The zero-order chi connectivity index (χ0) is 13.5. The Balaban J connectivity index is 2.93. The first-order chi connectivity index (χ1) is 8.60. The fraction of sp³-hybridized carbons (Fsp3) is 0.625. The van der Waals surface area contributed by atoms with Crippen molar-refractivity contribution in [3.63, 3.8) is 0 Å². The lowest BCUT2D eigenvalue weighted by atomic mass is 9.86. The molecule has 0 saturated heterocycles. The van der Waals surface area contributed by atoms with Crippen molar-refractivity contribution in [2.45, 2.75) is 40.7 Å². The highest BCUT2D eigenvalue weighted by atomic mass is 16.5. The third kappa shape index (κ3) is 4.02. The van der Waals surface area contributed by atoms with Crippen molar-refractivity contribution >= 4 is 0 Å². The molecule has 0 radical (unpaired) electrons. The van der Waals surface area contributed by atoms with Crippen molar-refractivity contribution in [1.29, 1.82) is 0 Å². The smallest absolute Gasteiger partial charge is 0.119 e. The molecule has 0 saturated carbocycles. The van der Waals surface area contributed by atoms with Crippen LogP contribution in [-0.4, -0.2) is 13.2 Å². The van der Waals surface area contributed by atoms with Crippen LogP contribution in [0.4, 0.5) is 0 Å². The molecule has 18 heavy (non-hydrogen) atoms. The van der Waals surface area contributed by atoms with E-state index < -0.39 is 0 Å². The highest BCUT2D eigenvalue weighted by molar-refractivity contribution is 5.31.